The van der Waals surface area contributed by atoms with Gasteiger partial charge in [0.1, 0.15) is 30.0 Å². The second-order valence-electron chi connectivity index (χ2n) is 13.5. The summed E-state index contributed by atoms with van der Waals surface area (Å²) < 4.78 is 11.8. The molecule has 1 aliphatic carbocycles. The molecule has 244 valence electrons. The third-order valence-corrected chi connectivity index (χ3v) is 12.8. The average molecular weight is 694 g/mol. The van der Waals surface area contributed by atoms with Gasteiger partial charge in [-0.25, -0.2) is 4.99 Å². The quantitative estimate of drug-likeness (QED) is 0.193. The van der Waals surface area contributed by atoms with Crippen LogP contribution < -0.4 is 15.4 Å². The number of rotatable bonds is 4. The Kier molecular flexibility index (Phi) is 6.59. The molecule has 0 bridgehead atoms. The minimum absolute atomic E-state index is 0.0277. The first-order chi connectivity index (χ1) is 25.2. The number of hydrogen-bond donors (Lipinski definition) is 2. The molecule has 2 aromatic heterocycles. The maximum Gasteiger partial charge on any atom is 0.135 e. The van der Waals surface area contributed by atoms with Crippen LogP contribution in [0.4, 0.5) is 0 Å². The van der Waals surface area contributed by atoms with Gasteiger partial charge in [0.15, 0.2) is 0 Å². The number of fused-ring (bicyclic) bond motifs is 9. The molecule has 0 spiro atoms. The molecule has 3 aliphatic rings. The van der Waals surface area contributed by atoms with Crippen LogP contribution in [0.5, 0.6) is 5.75 Å². The number of ether oxygens (including phenoxy) is 1. The van der Waals surface area contributed by atoms with Gasteiger partial charge >= 0.3 is 0 Å². The maximum absolute atomic E-state index is 6.60. The van der Waals surface area contributed by atoms with Crippen molar-refractivity contribution < 1.29 is 4.74 Å². The van der Waals surface area contributed by atoms with Gasteiger partial charge in [-0.1, -0.05) is 115 Å². The molecule has 0 amide bonds. The van der Waals surface area contributed by atoms with Crippen molar-refractivity contribution in [3.8, 4) is 5.75 Å². The highest BCUT2D eigenvalue weighted by Gasteiger charge is 2.37. The standard InChI is InChI=1S/C45H31N3OS2/c1-2-10-26(11-3-1)43-46-44(27-21-23-38-35(24-27)30-13-5-7-18-37(30)50-38)48-45(47-43)28-20-22-34-40(25-28)51-39-19-9-14-31(41(34)39)33-16-8-15-32-29-12-4-6-17-36(29)49-42(32)33/h1-25,32,42,44-45,48H,(H,46,47). The van der Waals surface area contributed by atoms with Crippen LogP contribution in [0.1, 0.15) is 46.1 Å². The average Bonchev–Trinajstić information content (AvgIpc) is 3.88. The van der Waals surface area contributed by atoms with E-state index in [1.54, 1.807) is 0 Å². The van der Waals surface area contributed by atoms with Gasteiger partial charge < -0.3 is 10.1 Å². The number of thiophene rings is 2. The smallest absolute Gasteiger partial charge is 0.135 e. The number of para-hydroxylation sites is 1. The maximum atomic E-state index is 6.60. The Labute approximate surface area is 303 Å². The van der Waals surface area contributed by atoms with Crippen molar-refractivity contribution in [2.24, 2.45) is 4.99 Å². The van der Waals surface area contributed by atoms with Crippen molar-refractivity contribution in [1.82, 2.24) is 10.6 Å². The molecular weight excluding hydrogens is 663 g/mol. The summed E-state index contributed by atoms with van der Waals surface area (Å²) in [5, 5.41) is 12.8. The second-order valence-corrected chi connectivity index (χ2v) is 15.7. The first kappa shape index (κ1) is 29.2. The Morgan fingerprint density at radius 3 is 2.39 bits per heavy atom. The normalized spacial score (nSPS) is 20.9. The predicted octanol–water partition coefficient (Wildman–Crippen LogP) is 11.3. The lowest BCUT2D eigenvalue weighted by molar-refractivity contribution is 0.278. The largest absolute Gasteiger partial charge is 0.484 e. The SMILES string of the molecule is C1=CC2c3ccccc3OC2C(c2cccc3sc4cc(C5N=C(c6ccccc6)NC(c6ccc7sc8ccccc8c7c6)N5)ccc4c23)=C1. The zero-order valence-electron chi connectivity index (χ0n) is 27.4. The van der Waals surface area contributed by atoms with Crippen molar-refractivity contribution in [2.45, 2.75) is 24.4 Å². The molecule has 51 heavy (non-hydrogen) atoms. The summed E-state index contributed by atoms with van der Waals surface area (Å²) >= 11 is 3.70. The molecule has 4 unspecified atom stereocenters. The lowest BCUT2D eigenvalue weighted by Gasteiger charge is -2.32. The minimum atomic E-state index is -0.229. The summed E-state index contributed by atoms with van der Waals surface area (Å²) in [6.45, 7) is 0. The van der Waals surface area contributed by atoms with Gasteiger partial charge in [0.2, 0.25) is 0 Å². The molecule has 4 nitrogen and oxygen atoms in total. The molecule has 2 N–H and O–H groups in total. The highest BCUT2D eigenvalue weighted by Crippen LogP contribution is 2.48. The van der Waals surface area contributed by atoms with Gasteiger partial charge in [-0.2, -0.15) is 0 Å². The lowest BCUT2D eigenvalue weighted by atomic mass is 9.83. The number of nitrogens with zero attached hydrogens (tertiary/aromatic N) is 1. The number of amidine groups is 1. The lowest BCUT2D eigenvalue weighted by Crippen LogP contribution is -2.44. The van der Waals surface area contributed by atoms with Crippen LogP contribution in [0, 0.1) is 0 Å². The van der Waals surface area contributed by atoms with Crippen LogP contribution in [0.15, 0.2) is 157 Å². The van der Waals surface area contributed by atoms with Crippen LogP contribution in [0.25, 0.3) is 45.9 Å². The fourth-order valence-electron chi connectivity index (χ4n) is 8.14. The van der Waals surface area contributed by atoms with Crippen LogP contribution in [0.2, 0.25) is 0 Å². The van der Waals surface area contributed by atoms with Crippen molar-refractivity contribution >= 4 is 74.4 Å². The molecule has 8 aromatic rings. The van der Waals surface area contributed by atoms with E-state index < -0.39 is 0 Å². The third kappa shape index (κ3) is 4.71. The summed E-state index contributed by atoms with van der Waals surface area (Å²) in [6, 6.07) is 48.0. The van der Waals surface area contributed by atoms with E-state index >= 15 is 0 Å². The number of benzene rings is 6. The van der Waals surface area contributed by atoms with Gasteiger partial charge in [-0.15, -0.1) is 22.7 Å². The molecule has 0 saturated carbocycles. The number of hydrogen-bond acceptors (Lipinski definition) is 6. The number of nitrogens with one attached hydrogen (secondary N) is 2. The monoisotopic (exact) mass is 693 g/mol. The highest BCUT2D eigenvalue weighted by molar-refractivity contribution is 7.26. The fraction of sp³-hybridized carbons (Fsp3) is 0.0889. The highest BCUT2D eigenvalue weighted by atomic mass is 32.1. The summed E-state index contributed by atoms with van der Waals surface area (Å²) in [5.41, 5.74) is 7.17. The molecular formula is C45H31N3OS2. The molecule has 6 aromatic carbocycles. The van der Waals surface area contributed by atoms with Gasteiger partial charge in [0.05, 0.1) is 0 Å². The zero-order valence-corrected chi connectivity index (χ0v) is 29.0. The van der Waals surface area contributed by atoms with Crippen LogP contribution >= 0.6 is 22.7 Å². The van der Waals surface area contributed by atoms with E-state index in [0.717, 1.165) is 22.7 Å². The van der Waals surface area contributed by atoms with Gasteiger partial charge in [-0.05, 0) is 53.1 Å². The molecule has 2 aliphatic heterocycles. The summed E-state index contributed by atoms with van der Waals surface area (Å²) in [5.74, 6) is 2.11. The second kappa shape index (κ2) is 11.5. The molecule has 4 heterocycles. The zero-order chi connectivity index (χ0) is 33.5. The molecule has 0 radical (unpaired) electrons. The fourth-order valence-corrected chi connectivity index (χ4v) is 10.4. The molecule has 0 saturated heterocycles. The van der Waals surface area contributed by atoms with Crippen molar-refractivity contribution in [2.75, 3.05) is 0 Å². The van der Waals surface area contributed by atoms with E-state index in [0.29, 0.717) is 0 Å². The number of aliphatic imine (C=N–C) groups is 1. The summed E-state index contributed by atoms with van der Waals surface area (Å²) in [4.78, 5) is 5.28. The summed E-state index contributed by atoms with van der Waals surface area (Å²) in [6.07, 6.45) is 6.35. The van der Waals surface area contributed by atoms with Crippen molar-refractivity contribution in [1.29, 1.82) is 0 Å². The van der Waals surface area contributed by atoms with Crippen LogP contribution in [0.3, 0.4) is 0 Å². The van der Waals surface area contributed by atoms with Gasteiger partial charge in [0.25, 0.3) is 0 Å². The topological polar surface area (TPSA) is 45.6 Å². The Balaban J connectivity index is 0.991. The van der Waals surface area contributed by atoms with Crippen LogP contribution in [-0.2, 0) is 0 Å². The molecule has 6 heteroatoms. The Hall–Kier alpha value is -5.53. The molecule has 0 fully saturated rings. The third-order valence-electron chi connectivity index (χ3n) is 10.6. The predicted molar refractivity (Wildman–Crippen MR) is 214 cm³/mol. The van der Waals surface area contributed by atoms with Gasteiger partial charge in [-0.3, -0.25) is 5.32 Å². The minimum Gasteiger partial charge on any atom is -0.484 e. The Morgan fingerprint density at radius 2 is 1.43 bits per heavy atom. The van der Waals surface area contributed by atoms with Crippen molar-refractivity contribution in [3.05, 3.63) is 180 Å². The van der Waals surface area contributed by atoms with Crippen LogP contribution in [-0.4, -0.2) is 11.9 Å². The van der Waals surface area contributed by atoms with Gasteiger partial charge in [0, 0.05) is 63.0 Å². The number of allylic oxidation sites excluding steroid dienone is 2. The van der Waals surface area contributed by atoms with E-state index in [-0.39, 0.29) is 24.4 Å². The van der Waals surface area contributed by atoms with E-state index in [1.165, 1.54) is 62.6 Å². The Bertz CT molecular complexity index is 2770. The van der Waals surface area contributed by atoms with E-state index in [4.69, 9.17) is 9.73 Å². The van der Waals surface area contributed by atoms with E-state index in [1.807, 2.05) is 22.7 Å². The molecule has 11 rings (SSSR count). The van der Waals surface area contributed by atoms with Crippen molar-refractivity contribution in [3.63, 3.8) is 0 Å². The van der Waals surface area contributed by atoms with E-state index in [9.17, 15) is 0 Å². The first-order valence-electron chi connectivity index (χ1n) is 17.4. The first-order valence-corrected chi connectivity index (χ1v) is 19.0. The Morgan fingerprint density at radius 1 is 0.627 bits per heavy atom. The van der Waals surface area contributed by atoms with E-state index in [2.05, 4.69) is 162 Å². The molecule has 4 atom stereocenters. The summed E-state index contributed by atoms with van der Waals surface area (Å²) in [7, 11) is 0.